The van der Waals surface area contributed by atoms with Gasteiger partial charge in [-0.3, -0.25) is 9.59 Å². The van der Waals surface area contributed by atoms with Gasteiger partial charge in [-0.25, -0.2) is 9.97 Å². The Bertz CT molecular complexity index is 556. The van der Waals surface area contributed by atoms with Gasteiger partial charge in [-0.15, -0.1) is 0 Å². The zero-order chi connectivity index (χ0) is 14.3. The molecule has 2 aliphatic rings. The van der Waals surface area contributed by atoms with E-state index in [1.54, 1.807) is 24.1 Å². The molecule has 1 saturated carbocycles. The Kier molecular flexibility index (Phi) is 3.16. The van der Waals surface area contributed by atoms with Gasteiger partial charge >= 0.3 is 0 Å². The molecule has 3 rings (SSSR count). The molecule has 1 aliphatic carbocycles. The Morgan fingerprint density at radius 3 is 2.80 bits per heavy atom. The van der Waals surface area contributed by atoms with E-state index in [4.69, 9.17) is 0 Å². The van der Waals surface area contributed by atoms with Crippen LogP contribution in [0.1, 0.15) is 31.3 Å². The second-order valence-corrected chi connectivity index (χ2v) is 5.56. The molecule has 0 spiro atoms. The molecular weight excluding hydrogens is 256 g/mol. The third-order valence-corrected chi connectivity index (χ3v) is 3.95. The summed E-state index contributed by atoms with van der Waals surface area (Å²) in [5, 5.41) is 2.84. The standard InChI is InChI=1S/C14H18N4O2/c1-8-13(19)17-12(10-3-4-10)14(20)18(8)7-11-5-6-15-9(2)16-11/h5-6,8,10,12H,3-4,7H2,1-2H3,(H,17,19). The Balaban J connectivity index is 1.81. The van der Waals surface area contributed by atoms with E-state index in [2.05, 4.69) is 15.3 Å². The fraction of sp³-hybridized carbons (Fsp3) is 0.571. The zero-order valence-electron chi connectivity index (χ0n) is 11.7. The van der Waals surface area contributed by atoms with Crippen LogP contribution in [-0.4, -0.2) is 38.8 Å². The summed E-state index contributed by atoms with van der Waals surface area (Å²) in [6.07, 6.45) is 3.71. The van der Waals surface area contributed by atoms with Crippen molar-refractivity contribution in [2.75, 3.05) is 0 Å². The summed E-state index contributed by atoms with van der Waals surface area (Å²) in [4.78, 5) is 34.5. The van der Waals surface area contributed by atoms with Gasteiger partial charge in [0.1, 0.15) is 17.9 Å². The maximum absolute atomic E-state index is 12.5. The fourth-order valence-corrected chi connectivity index (χ4v) is 2.58. The van der Waals surface area contributed by atoms with Crippen LogP contribution >= 0.6 is 0 Å². The molecule has 6 nitrogen and oxygen atoms in total. The average molecular weight is 274 g/mol. The predicted molar refractivity (Wildman–Crippen MR) is 71.4 cm³/mol. The summed E-state index contributed by atoms with van der Waals surface area (Å²) in [5.41, 5.74) is 0.766. The molecular formula is C14H18N4O2. The molecule has 2 heterocycles. The van der Waals surface area contributed by atoms with E-state index in [9.17, 15) is 9.59 Å². The van der Waals surface area contributed by atoms with E-state index in [-0.39, 0.29) is 17.9 Å². The fourth-order valence-electron chi connectivity index (χ4n) is 2.58. The molecule has 2 fully saturated rings. The van der Waals surface area contributed by atoms with Crippen LogP contribution in [0.15, 0.2) is 12.3 Å². The van der Waals surface area contributed by atoms with Crippen LogP contribution in [0.3, 0.4) is 0 Å². The number of aryl methyl sites for hydroxylation is 1. The Morgan fingerprint density at radius 2 is 2.15 bits per heavy atom. The SMILES string of the molecule is Cc1nccc(CN2C(=O)C(C3CC3)NC(=O)C2C)n1. The normalized spacial score (nSPS) is 26.6. The first-order chi connectivity index (χ1) is 9.56. The van der Waals surface area contributed by atoms with Gasteiger partial charge in [-0.1, -0.05) is 0 Å². The quantitative estimate of drug-likeness (QED) is 0.866. The minimum atomic E-state index is -0.451. The van der Waals surface area contributed by atoms with Crippen LogP contribution in [-0.2, 0) is 16.1 Å². The highest BCUT2D eigenvalue weighted by atomic mass is 16.2. The van der Waals surface area contributed by atoms with Gasteiger partial charge in [0.15, 0.2) is 0 Å². The molecule has 0 bridgehead atoms. The number of hydrogen-bond donors (Lipinski definition) is 1. The highest BCUT2D eigenvalue weighted by Crippen LogP contribution is 2.35. The second-order valence-electron chi connectivity index (χ2n) is 5.56. The molecule has 1 aromatic heterocycles. The lowest BCUT2D eigenvalue weighted by molar-refractivity contribution is -0.150. The summed E-state index contributed by atoms with van der Waals surface area (Å²) in [5.74, 6) is 0.916. The van der Waals surface area contributed by atoms with Gasteiger partial charge in [0.05, 0.1) is 12.2 Å². The summed E-state index contributed by atoms with van der Waals surface area (Å²) in [6, 6.07) is 0.987. The third kappa shape index (κ3) is 2.37. The van der Waals surface area contributed by atoms with Crippen molar-refractivity contribution >= 4 is 11.8 Å². The maximum atomic E-state index is 12.5. The highest BCUT2D eigenvalue weighted by Gasteiger charge is 2.45. The van der Waals surface area contributed by atoms with Gasteiger partial charge in [0.25, 0.3) is 0 Å². The molecule has 2 unspecified atom stereocenters. The van der Waals surface area contributed by atoms with E-state index in [0.717, 1.165) is 18.5 Å². The van der Waals surface area contributed by atoms with E-state index in [0.29, 0.717) is 18.3 Å². The van der Waals surface area contributed by atoms with Gasteiger partial charge in [-0.05, 0) is 38.7 Å². The number of piperazine rings is 1. The van der Waals surface area contributed by atoms with Gasteiger partial charge in [-0.2, -0.15) is 0 Å². The van der Waals surface area contributed by atoms with Crippen molar-refractivity contribution in [2.45, 2.75) is 45.3 Å². The molecule has 106 valence electrons. The number of amides is 2. The summed E-state index contributed by atoms with van der Waals surface area (Å²) >= 11 is 0. The molecule has 2 amide bonds. The second kappa shape index (κ2) is 4.85. The van der Waals surface area contributed by atoms with Crippen molar-refractivity contribution < 1.29 is 9.59 Å². The van der Waals surface area contributed by atoms with E-state index in [1.165, 1.54) is 0 Å². The number of rotatable bonds is 3. The minimum Gasteiger partial charge on any atom is -0.342 e. The van der Waals surface area contributed by atoms with Gasteiger partial charge in [0, 0.05) is 6.20 Å². The topological polar surface area (TPSA) is 75.2 Å². The Morgan fingerprint density at radius 1 is 1.40 bits per heavy atom. The van der Waals surface area contributed by atoms with Crippen LogP contribution in [0.2, 0.25) is 0 Å². The van der Waals surface area contributed by atoms with E-state index < -0.39 is 6.04 Å². The molecule has 1 aromatic rings. The molecule has 1 saturated heterocycles. The van der Waals surface area contributed by atoms with Crippen LogP contribution in [0.4, 0.5) is 0 Å². The van der Waals surface area contributed by atoms with Crippen molar-refractivity contribution in [1.29, 1.82) is 0 Å². The molecule has 0 radical (unpaired) electrons. The van der Waals surface area contributed by atoms with Crippen molar-refractivity contribution in [3.8, 4) is 0 Å². The first kappa shape index (κ1) is 13.0. The number of aromatic nitrogens is 2. The highest BCUT2D eigenvalue weighted by molar-refractivity contribution is 5.97. The molecule has 2 atom stereocenters. The lowest BCUT2D eigenvalue weighted by atomic mass is 10.0. The van der Waals surface area contributed by atoms with Crippen molar-refractivity contribution in [1.82, 2.24) is 20.2 Å². The molecule has 6 heteroatoms. The van der Waals surface area contributed by atoms with Crippen molar-refractivity contribution in [2.24, 2.45) is 5.92 Å². The Hall–Kier alpha value is -1.98. The largest absolute Gasteiger partial charge is 0.342 e. The van der Waals surface area contributed by atoms with Crippen LogP contribution in [0, 0.1) is 12.8 Å². The summed E-state index contributed by atoms with van der Waals surface area (Å²) in [7, 11) is 0. The maximum Gasteiger partial charge on any atom is 0.246 e. The van der Waals surface area contributed by atoms with Crippen LogP contribution in [0.5, 0.6) is 0 Å². The minimum absolute atomic E-state index is 0.0101. The van der Waals surface area contributed by atoms with Gasteiger partial charge < -0.3 is 10.2 Å². The number of carbonyl (C=O) groups is 2. The number of nitrogens with one attached hydrogen (secondary N) is 1. The lowest BCUT2D eigenvalue weighted by Crippen LogP contribution is -2.62. The first-order valence-corrected chi connectivity index (χ1v) is 6.95. The third-order valence-electron chi connectivity index (χ3n) is 3.95. The number of nitrogens with zero attached hydrogens (tertiary/aromatic N) is 3. The predicted octanol–water partition coefficient (Wildman–Crippen LogP) is 0.411. The molecule has 0 aromatic carbocycles. The summed E-state index contributed by atoms with van der Waals surface area (Å²) < 4.78 is 0. The Labute approximate surface area is 117 Å². The number of hydrogen-bond acceptors (Lipinski definition) is 4. The number of carbonyl (C=O) groups excluding carboxylic acids is 2. The van der Waals surface area contributed by atoms with Crippen molar-refractivity contribution in [3.63, 3.8) is 0 Å². The smallest absolute Gasteiger partial charge is 0.246 e. The molecule has 1 N–H and O–H groups in total. The van der Waals surface area contributed by atoms with Gasteiger partial charge in [0.2, 0.25) is 11.8 Å². The van der Waals surface area contributed by atoms with Crippen LogP contribution in [0.25, 0.3) is 0 Å². The molecule has 1 aliphatic heterocycles. The van der Waals surface area contributed by atoms with Crippen molar-refractivity contribution in [3.05, 3.63) is 23.8 Å². The van der Waals surface area contributed by atoms with E-state index in [1.807, 2.05) is 6.92 Å². The van der Waals surface area contributed by atoms with Crippen LogP contribution < -0.4 is 5.32 Å². The average Bonchev–Trinajstić information content (AvgIpc) is 3.23. The lowest BCUT2D eigenvalue weighted by Gasteiger charge is -2.37. The van der Waals surface area contributed by atoms with E-state index >= 15 is 0 Å². The monoisotopic (exact) mass is 274 g/mol. The summed E-state index contributed by atoms with van der Waals surface area (Å²) in [6.45, 7) is 3.93. The molecule has 20 heavy (non-hydrogen) atoms. The zero-order valence-corrected chi connectivity index (χ0v) is 11.7. The first-order valence-electron chi connectivity index (χ1n) is 6.95.